The van der Waals surface area contributed by atoms with Crippen LogP contribution in [-0.4, -0.2) is 6.10 Å². The monoisotopic (exact) mass is 305 g/mol. The molecule has 0 aliphatic carbocycles. The lowest BCUT2D eigenvalue weighted by Gasteiger charge is -2.14. The van der Waals surface area contributed by atoms with Crippen LogP contribution in [-0.2, 0) is 0 Å². The van der Waals surface area contributed by atoms with Crippen molar-refractivity contribution in [3.8, 4) is 17.9 Å². The number of anilines is 1. The van der Waals surface area contributed by atoms with Crippen LogP contribution in [0.1, 0.15) is 13.8 Å². The molecule has 0 atom stereocenters. The van der Waals surface area contributed by atoms with Gasteiger partial charge in [-0.3, -0.25) is 0 Å². The van der Waals surface area contributed by atoms with Crippen molar-refractivity contribution in [1.29, 1.82) is 10.5 Å². The number of ether oxygens (including phenoxy) is 1. The van der Waals surface area contributed by atoms with E-state index in [1.165, 1.54) is 6.20 Å². The molecule has 0 saturated carbocycles. The van der Waals surface area contributed by atoms with Gasteiger partial charge in [0.05, 0.1) is 11.8 Å². The third kappa shape index (κ3) is 4.12. The average Bonchev–Trinajstić information content (AvgIpc) is 2.32. The maximum Gasteiger partial charge on any atom is 0.145 e. The minimum Gasteiger partial charge on any atom is -0.489 e. The van der Waals surface area contributed by atoms with Gasteiger partial charge in [-0.25, -0.2) is 0 Å². The summed E-state index contributed by atoms with van der Waals surface area (Å²) in [6.07, 6.45) is 1.39. The summed E-state index contributed by atoms with van der Waals surface area (Å²) in [5, 5.41) is 20.2. The second kappa shape index (κ2) is 6.68. The van der Waals surface area contributed by atoms with Crippen molar-refractivity contribution in [2.45, 2.75) is 20.0 Å². The van der Waals surface area contributed by atoms with E-state index in [9.17, 15) is 0 Å². The highest BCUT2D eigenvalue weighted by Gasteiger charge is 2.06. The highest BCUT2D eigenvalue weighted by molar-refractivity contribution is 9.10. The number of allylic oxidation sites excluding steroid dienone is 1. The molecule has 4 nitrogen and oxygen atoms in total. The summed E-state index contributed by atoms with van der Waals surface area (Å²) in [4.78, 5) is 0. The Hall–Kier alpha value is -1.98. The molecule has 0 amide bonds. The Morgan fingerprint density at radius 1 is 1.39 bits per heavy atom. The van der Waals surface area contributed by atoms with Crippen molar-refractivity contribution in [2.24, 2.45) is 0 Å². The Bertz CT molecular complexity index is 522. The number of halogens is 1. The lowest BCUT2D eigenvalue weighted by molar-refractivity contribution is 0.243. The Kier molecular flexibility index (Phi) is 5.23. The SMILES string of the molecule is CC(C)Oc1cc(Br)ccc1NC=C(C#N)C#N. The molecule has 0 saturated heterocycles. The Balaban J connectivity index is 2.99. The van der Waals surface area contributed by atoms with Crippen molar-refractivity contribution in [2.75, 3.05) is 5.32 Å². The average molecular weight is 306 g/mol. The number of hydrogen-bond donors (Lipinski definition) is 1. The van der Waals surface area contributed by atoms with Gasteiger partial charge in [0.1, 0.15) is 23.5 Å². The Morgan fingerprint density at radius 3 is 2.61 bits per heavy atom. The Labute approximate surface area is 115 Å². The maximum atomic E-state index is 8.64. The van der Waals surface area contributed by atoms with Crippen LogP contribution in [0.2, 0.25) is 0 Å². The number of nitriles is 2. The largest absolute Gasteiger partial charge is 0.489 e. The van der Waals surface area contributed by atoms with Gasteiger partial charge < -0.3 is 10.1 Å². The van der Waals surface area contributed by atoms with E-state index in [4.69, 9.17) is 15.3 Å². The molecule has 0 aromatic heterocycles. The van der Waals surface area contributed by atoms with E-state index in [0.717, 1.165) is 4.47 Å². The van der Waals surface area contributed by atoms with Gasteiger partial charge in [0, 0.05) is 10.7 Å². The van der Waals surface area contributed by atoms with Crippen molar-refractivity contribution >= 4 is 21.6 Å². The van der Waals surface area contributed by atoms with Crippen LogP contribution < -0.4 is 10.1 Å². The fraction of sp³-hybridized carbons (Fsp3) is 0.231. The molecule has 92 valence electrons. The predicted octanol–water partition coefficient (Wildman–Crippen LogP) is 3.58. The van der Waals surface area contributed by atoms with Gasteiger partial charge >= 0.3 is 0 Å². The zero-order chi connectivity index (χ0) is 13.5. The molecule has 0 spiro atoms. The molecule has 18 heavy (non-hydrogen) atoms. The highest BCUT2D eigenvalue weighted by Crippen LogP contribution is 2.29. The number of benzene rings is 1. The minimum absolute atomic E-state index is 0.00779. The van der Waals surface area contributed by atoms with Gasteiger partial charge in [0.25, 0.3) is 0 Å². The summed E-state index contributed by atoms with van der Waals surface area (Å²) >= 11 is 3.37. The van der Waals surface area contributed by atoms with E-state index < -0.39 is 0 Å². The number of hydrogen-bond acceptors (Lipinski definition) is 4. The van der Waals surface area contributed by atoms with Crippen LogP contribution in [0.4, 0.5) is 5.69 Å². The fourth-order valence-electron chi connectivity index (χ4n) is 1.21. The summed E-state index contributed by atoms with van der Waals surface area (Å²) in [5.74, 6) is 0.658. The van der Waals surface area contributed by atoms with Gasteiger partial charge in [0.2, 0.25) is 0 Å². The van der Waals surface area contributed by atoms with E-state index in [-0.39, 0.29) is 11.7 Å². The van der Waals surface area contributed by atoms with Crippen molar-refractivity contribution < 1.29 is 4.74 Å². The maximum absolute atomic E-state index is 8.64. The lowest BCUT2D eigenvalue weighted by atomic mass is 10.2. The van der Waals surface area contributed by atoms with Gasteiger partial charge in [-0.15, -0.1) is 0 Å². The van der Waals surface area contributed by atoms with Crippen molar-refractivity contribution in [3.63, 3.8) is 0 Å². The number of nitrogens with zero attached hydrogens (tertiary/aromatic N) is 2. The van der Waals surface area contributed by atoms with Crippen LogP contribution in [0, 0.1) is 22.7 Å². The summed E-state index contributed by atoms with van der Waals surface area (Å²) in [6, 6.07) is 9.05. The second-order valence-electron chi connectivity index (χ2n) is 3.73. The zero-order valence-corrected chi connectivity index (χ0v) is 11.7. The van der Waals surface area contributed by atoms with E-state index in [2.05, 4.69) is 21.2 Å². The second-order valence-corrected chi connectivity index (χ2v) is 4.65. The molecule has 1 rings (SSSR count). The molecule has 0 aliphatic rings. The predicted molar refractivity (Wildman–Crippen MR) is 72.8 cm³/mol. The van der Waals surface area contributed by atoms with Crippen LogP contribution >= 0.6 is 15.9 Å². The zero-order valence-electron chi connectivity index (χ0n) is 10.1. The van der Waals surface area contributed by atoms with E-state index in [1.54, 1.807) is 12.1 Å². The van der Waals surface area contributed by atoms with Gasteiger partial charge in [0.15, 0.2) is 0 Å². The molecule has 0 fully saturated rings. The molecule has 1 aromatic rings. The van der Waals surface area contributed by atoms with Crippen LogP contribution in [0.3, 0.4) is 0 Å². The fourth-order valence-corrected chi connectivity index (χ4v) is 1.55. The van der Waals surface area contributed by atoms with Gasteiger partial charge in [-0.1, -0.05) is 15.9 Å². The van der Waals surface area contributed by atoms with Crippen LogP contribution in [0.5, 0.6) is 5.75 Å². The topological polar surface area (TPSA) is 68.8 Å². The molecule has 0 bridgehead atoms. The summed E-state index contributed by atoms with van der Waals surface area (Å²) < 4.78 is 6.53. The third-order valence-electron chi connectivity index (χ3n) is 1.92. The number of rotatable bonds is 4. The molecule has 5 heteroatoms. The first-order valence-corrected chi connectivity index (χ1v) is 6.09. The summed E-state index contributed by atoms with van der Waals surface area (Å²) in [7, 11) is 0. The molecule has 1 N–H and O–H groups in total. The minimum atomic E-state index is 0.00779. The van der Waals surface area contributed by atoms with Crippen LogP contribution in [0.25, 0.3) is 0 Å². The molecular formula is C13H12BrN3O. The molecule has 1 aromatic carbocycles. The van der Waals surface area contributed by atoms with Gasteiger partial charge in [-0.05, 0) is 32.0 Å². The smallest absolute Gasteiger partial charge is 0.145 e. The Morgan fingerprint density at radius 2 is 2.06 bits per heavy atom. The third-order valence-corrected chi connectivity index (χ3v) is 2.41. The molecular weight excluding hydrogens is 294 g/mol. The van der Waals surface area contributed by atoms with Gasteiger partial charge in [-0.2, -0.15) is 10.5 Å². The number of nitrogens with one attached hydrogen (secondary N) is 1. The van der Waals surface area contributed by atoms with E-state index in [0.29, 0.717) is 11.4 Å². The highest BCUT2D eigenvalue weighted by atomic mass is 79.9. The lowest BCUT2D eigenvalue weighted by Crippen LogP contribution is -2.07. The summed E-state index contributed by atoms with van der Waals surface area (Å²) in [5.41, 5.74) is 0.711. The van der Waals surface area contributed by atoms with Crippen LogP contribution in [0.15, 0.2) is 34.4 Å². The van der Waals surface area contributed by atoms with Crippen molar-refractivity contribution in [3.05, 3.63) is 34.4 Å². The quantitative estimate of drug-likeness (QED) is 0.863. The van der Waals surface area contributed by atoms with Crippen molar-refractivity contribution in [1.82, 2.24) is 0 Å². The molecule has 0 unspecified atom stereocenters. The first-order valence-electron chi connectivity index (χ1n) is 5.30. The first-order chi connectivity index (χ1) is 8.56. The first kappa shape index (κ1) is 14.1. The standard InChI is InChI=1S/C13H12BrN3O/c1-9(2)18-13-5-11(14)3-4-12(13)17-8-10(6-15)7-16/h3-5,8-9,17H,1-2H3. The molecule has 0 radical (unpaired) electrons. The van der Waals surface area contributed by atoms with E-state index >= 15 is 0 Å². The summed E-state index contributed by atoms with van der Waals surface area (Å²) in [6.45, 7) is 3.85. The van der Waals surface area contributed by atoms with E-state index in [1.807, 2.05) is 32.0 Å². The molecule has 0 heterocycles. The molecule has 0 aliphatic heterocycles. The normalized spacial score (nSPS) is 9.22.